The van der Waals surface area contributed by atoms with Gasteiger partial charge in [0.25, 0.3) is 0 Å². The van der Waals surface area contributed by atoms with Gasteiger partial charge in [-0.05, 0) is 42.4 Å². The Morgan fingerprint density at radius 3 is 2.65 bits per heavy atom. The molecule has 2 aromatic rings. The third-order valence-corrected chi connectivity index (χ3v) is 4.12. The molecule has 1 N–H and O–H groups in total. The van der Waals surface area contributed by atoms with Crippen LogP contribution in [0.5, 0.6) is 0 Å². The Morgan fingerprint density at radius 2 is 2.10 bits per heavy atom. The predicted molar refractivity (Wildman–Crippen MR) is 79.7 cm³/mol. The summed E-state index contributed by atoms with van der Waals surface area (Å²) in [6.45, 7) is 3.93. The summed E-state index contributed by atoms with van der Waals surface area (Å²) >= 11 is 1.54. The molecule has 1 aromatic heterocycles. The van der Waals surface area contributed by atoms with E-state index in [0.717, 1.165) is 22.2 Å². The van der Waals surface area contributed by atoms with Gasteiger partial charge in [-0.1, -0.05) is 13.8 Å². The number of carbonyl (C=O) groups is 1. The van der Waals surface area contributed by atoms with Gasteiger partial charge in [0.15, 0.2) is 5.16 Å². The van der Waals surface area contributed by atoms with Crippen molar-refractivity contribution in [2.75, 3.05) is 5.32 Å². The number of amides is 1. The number of benzene rings is 1. The van der Waals surface area contributed by atoms with Crippen LogP contribution in [-0.4, -0.2) is 20.7 Å². The first kappa shape index (κ1) is 14.6. The highest BCUT2D eigenvalue weighted by Crippen LogP contribution is 2.26. The van der Waals surface area contributed by atoms with Crippen LogP contribution in [0.25, 0.3) is 0 Å². The van der Waals surface area contributed by atoms with Gasteiger partial charge in [-0.2, -0.15) is 0 Å². The van der Waals surface area contributed by atoms with Crippen LogP contribution >= 0.6 is 11.8 Å². The minimum Gasteiger partial charge on any atom is -0.326 e. The lowest BCUT2D eigenvalue weighted by atomic mass is 10.1. The Balaban J connectivity index is 2.00. The Bertz CT molecular complexity index is 579. The minimum atomic E-state index is 0.0303. The van der Waals surface area contributed by atoms with Crippen LogP contribution in [0.15, 0.2) is 40.6 Å². The minimum absolute atomic E-state index is 0.0303. The van der Waals surface area contributed by atoms with Crippen molar-refractivity contribution in [3.63, 3.8) is 0 Å². The van der Waals surface area contributed by atoms with Gasteiger partial charge in [-0.25, -0.2) is 0 Å². The van der Waals surface area contributed by atoms with Crippen LogP contribution in [0.1, 0.15) is 20.3 Å². The maximum absolute atomic E-state index is 11.8. The van der Waals surface area contributed by atoms with E-state index in [0.29, 0.717) is 0 Å². The van der Waals surface area contributed by atoms with Gasteiger partial charge >= 0.3 is 0 Å². The number of hydrogen-bond donors (Lipinski definition) is 1. The van der Waals surface area contributed by atoms with E-state index in [2.05, 4.69) is 15.5 Å². The largest absolute Gasteiger partial charge is 0.326 e. The van der Waals surface area contributed by atoms with Crippen molar-refractivity contribution < 1.29 is 4.79 Å². The third kappa shape index (κ3) is 3.60. The van der Waals surface area contributed by atoms with Crippen molar-refractivity contribution in [2.45, 2.75) is 30.3 Å². The normalized spacial score (nSPS) is 12.2. The van der Waals surface area contributed by atoms with Gasteiger partial charge in [0.2, 0.25) is 5.91 Å². The fourth-order valence-corrected chi connectivity index (χ4v) is 2.29. The molecule has 0 aliphatic rings. The number of nitrogens with zero attached hydrogens (tertiary/aromatic N) is 3. The van der Waals surface area contributed by atoms with E-state index in [9.17, 15) is 4.79 Å². The molecule has 0 bridgehead atoms. The van der Waals surface area contributed by atoms with Crippen LogP contribution < -0.4 is 5.32 Å². The molecule has 0 aliphatic heterocycles. The smallest absolute Gasteiger partial charge is 0.227 e. The van der Waals surface area contributed by atoms with Crippen LogP contribution in [0, 0.1) is 5.92 Å². The SMILES string of the molecule is CCC(C)C(=O)Nc1ccc(Sc2nncn2C)cc1. The molecule has 0 aliphatic carbocycles. The fraction of sp³-hybridized carbons (Fsp3) is 0.357. The number of rotatable bonds is 5. The molecule has 0 saturated carbocycles. The summed E-state index contributed by atoms with van der Waals surface area (Å²) in [5, 5.41) is 11.6. The van der Waals surface area contributed by atoms with Gasteiger partial charge in [-0.15, -0.1) is 10.2 Å². The lowest BCUT2D eigenvalue weighted by molar-refractivity contribution is -0.119. The molecular weight excluding hydrogens is 272 g/mol. The summed E-state index contributed by atoms with van der Waals surface area (Å²) < 4.78 is 1.86. The average molecular weight is 290 g/mol. The van der Waals surface area contributed by atoms with Crippen molar-refractivity contribution in [1.29, 1.82) is 0 Å². The van der Waals surface area contributed by atoms with Crippen molar-refractivity contribution in [1.82, 2.24) is 14.8 Å². The summed E-state index contributed by atoms with van der Waals surface area (Å²) in [4.78, 5) is 12.8. The van der Waals surface area contributed by atoms with Crippen LogP contribution in [-0.2, 0) is 11.8 Å². The lowest BCUT2D eigenvalue weighted by Crippen LogP contribution is -2.19. The zero-order valence-corrected chi connectivity index (χ0v) is 12.6. The van der Waals surface area contributed by atoms with Crippen LogP contribution in [0.3, 0.4) is 0 Å². The zero-order chi connectivity index (χ0) is 14.5. The summed E-state index contributed by atoms with van der Waals surface area (Å²) in [5.41, 5.74) is 0.817. The third-order valence-electron chi connectivity index (χ3n) is 3.06. The molecular formula is C14H18N4OS. The number of carbonyl (C=O) groups excluding carboxylic acids is 1. The van der Waals surface area contributed by atoms with Crippen molar-refractivity contribution >= 4 is 23.4 Å². The van der Waals surface area contributed by atoms with Crippen LogP contribution in [0.4, 0.5) is 5.69 Å². The Labute approximate surface area is 122 Å². The van der Waals surface area contributed by atoms with E-state index < -0.39 is 0 Å². The predicted octanol–water partition coefficient (Wildman–Crippen LogP) is 2.95. The molecule has 2 rings (SSSR count). The Hall–Kier alpha value is -1.82. The zero-order valence-electron chi connectivity index (χ0n) is 11.8. The number of aryl methyl sites for hydroxylation is 1. The molecule has 1 atom stereocenters. The number of nitrogens with one attached hydrogen (secondary N) is 1. The van der Waals surface area contributed by atoms with E-state index in [4.69, 9.17) is 0 Å². The van der Waals surface area contributed by atoms with Crippen molar-refractivity contribution in [3.05, 3.63) is 30.6 Å². The molecule has 0 saturated heterocycles. The van der Waals surface area contributed by atoms with Crippen molar-refractivity contribution in [3.8, 4) is 0 Å². The van der Waals surface area contributed by atoms with E-state index in [-0.39, 0.29) is 11.8 Å². The van der Waals surface area contributed by atoms with Crippen LogP contribution in [0.2, 0.25) is 0 Å². The van der Waals surface area contributed by atoms with E-state index in [1.165, 1.54) is 11.8 Å². The molecule has 0 fully saturated rings. The first-order chi connectivity index (χ1) is 9.60. The molecule has 1 aromatic carbocycles. The fourth-order valence-electron chi connectivity index (χ4n) is 1.53. The summed E-state index contributed by atoms with van der Waals surface area (Å²) in [6, 6.07) is 7.73. The highest BCUT2D eigenvalue weighted by Gasteiger charge is 2.10. The number of anilines is 1. The van der Waals surface area contributed by atoms with Gasteiger partial charge in [0, 0.05) is 23.5 Å². The lowest BCUT2D eigenvalue weighted by Gasteiger charge is -2.10. The molecule has 1 unspecified atom stereocenters. The van der Waals surface area contributed by atoms with E-state index >= 15 is 0 Å². The molecule has 6 heteroatoms. The molecule has 1 heterocycles. The number of hydrogen-bond acceptors (Lipinski definition) is 4. The molecule has 5 nitrogen and oxygen atoms in total. The highest BCUT2D eigenvalue weighted by atomic mass is 32.2. The second kappa shape index (κ2) is 6.56. The molecule has 20 heavy (non-hydrogen) atoms. The second-order valence-corrected chi connectivity index (χ2v) is 5.69. The highest BCUT2D eigenvalue weighted by molar-refractivity contribution is 7.99. The second-order valence-electron chi connectivity index (χ2n) is 4.65. The first-order valence-corrected chi connectivity index (χ1v) is 7.34. The van der Waals surface area contributed by atoms with E-state index in [1.54, 1.807) is 6.33 Å². The number of aromatic nitrogens is 3. The molecule has 0 spiro atoms. The van der Waals surface area contributed by atoms with Gasteiger partial charge in [0.05, 0.1) is 0 Å². The first-order valence-electron chi connectivity index (χ1n) is 6.53. The van der Waals surface area contributed by atoms with Gasteiger partial charge < -0.3 is 9.88 Å². The van der Waals surface area contributed by atoms with Crippen molar-refractivity contribution in [2.24, 2.45) is 13.0 Å². The molecule has 1 amide bonds. The summed E-state index contributed by atoms with van der Waals surface area (Å²) in [5.74, 6) is 0.0869. The standard InChI is InChI=1S/C14H18N4OS/c1-4-10(2)13(19)16-11-5-7-12(8-6-11)20-14-17-15-9-18(14)3/h5-10H,4H2,1-3H3,(H,16,19). The Morgan fingerprint density at radius 1 is 1.40 bits per heavy atom. The van der Waals surface area contributed by atoms with E-state index in [1.807, 2.05) is 49.7 Å². The average Bonchev–Trinajstić information content (AvgIpc) is 2.85. The molecule has 0 radical (unpaired) electrons. The summed E-state index contributed by atoms with van der Waals surface area (Å²) in [6.07, 6.45) is 2.51. The van der Waals surface area contributed by atoms with Gasteiger partial charge in [0.1, 0.15) is 6.33 Å². The maximum atomic E-state index is 11.8. The summed E-state index contributed by atoms with van der Waals surface area (Å²) in [7, 11) is 1.91. The topological polar surface area (TPSA) is 59.8 Å². The monoisotopic (exact) mass is 290 g/mol. The van der Waals surface area contributed by atoms with Gasteiger partial charge in [-0.3, -0.25) is 4.79 Å². The maximum Gasteiger partial charge on any atom is 0.227 e. The molecule has 106 valence electrons. The Kier molecular flexibility index (Phi) is 4.79. The quantitative estimate of drug-likeness (QED) is 0.919.